The second-order valence-electron chi connectivity index (χ2n) is 9.00. The van der Waals surface area contributed by atoms with Crippen LogP contribution < -0.4 is 14.8 Å². The summed E-state index contributed by atoms with van der Waals surface area (Å²) in [7, 11) is 1.48. The number of benzene rings is 2. The van der Waals surface area contributed by atoms with E-state index in [2.05, 4.69) is 10.3 Å². The van der Waals surface area contributed by atoms with Crippen LogP contribution in [0, 0.1) is 10.1 Å². The highest BCUT2D eigenvalue weighted by molar-refractivity contribution is 7.16. The number of nitro benzene ring substituents is 1. The summed E-state index contributed by atoms with van der Waals surface area (Å²) in [6.45, 7) is 0.492. The molecule has 1 amide bonds. The molecule has 0 saturated heterocycles. The van der Waals surface area contributed by atoms with Crippen molar-refractivity contribution in [1.82, 2.24) is 5.32 Å². The number of nitrogens with zero attached hydrogens (tertiary/aromatic N) is 2. The number of hydrogen-bond donors (Lipinski definition) is 1. The third kappa shape index (κ3) is 6.01. The van der Waals surface area contributed by atoms with E-state index >= 15 is 0 Å². The van der Waals surface area contributed by atoms with Gasteiger partial charge in [0.1, 0.15) is 17.4 Å². The van der Waals surface area contributed by atoms with Crippen LogP contribution in [0.1, 0.15) is 50.5 Å². The van der Waals surface area contributed by atoms with Gasteiger partial charge in [-0.1, -0.05) is 30.3 Å². The normalized spacial score (nSPS) is 12.7. The van der Waals surface area contributed by atoms with Crippen LogP contribution in [0.4, 0.5) is 10.7 Å². The summed E-state index contributed by atoms with van der Waals surface area (Å²) in [5.41, 5.74) is 2.53. The Labute approximate surface area is 229 Å². The number of hydrogen-bond acceptors (Lipinski definition) is 8. The Balaban J connectivity index is 1.44. The lowest BCUT2D eigenvalue weighted by Gasteiger charge is -2.12. The molecule has 2 aromatic carbocycles. The molecule has 0 spiro atoms. The van der Waals surface area contributed by atoms with E-state index in [1.165, 1.54) is 36.8 Å². The fraction of sp³-hybridized carbons (Fsp3) is 0.241. The molecule has 9 nitrogen and oxygen atoms in total. The van der Waals surface area contributed by atoms with Crippen LogP contribution in [0.25, 0.3) is 0 Å². The molecule has 1 N–H and O–H groups in total. The smallest absolute Gasteiger partial charge is 0.282 e. The molecule has 0 unspecified atom stereocenters. The number of aryl methyl sites for hydroxylation is 1. The van der Waals surface area contributed by atoms with Crippen LogP contribution in [-0.2, 0) is 26.0 Å². The van der Waals surface area contributed by atoms with Crippen molar-refractivity contribution in [2.75, 3.05) is 7.11 Å². The Morgan fingerprint density at radius 1 is 1.15 bits per heavy atom. The van der Waals surface area contributed by atoms with Crippen molar-refractivity contribution >= 4 is 34.1 Å². The molecule has 0 saturated carbocycles. The predicted molar refractivity (Wildman–Crippen MR) is 149 cm³/mol. The maximum atomic E-state index is 13.2. The largest absolute Gasteiger partial charge is 0.493 e. The summed E-state index contributed by atoms with van der Waals surface area (Å²) >= 11 is 1.46. The number of ether oxygens (including phenoxy) is 2. The Bertz CT molecular complexity index is 1500. The van der Waals surface area contributed by atoms with Crippen LogP contribution >= 0.6 is 11.3 Å². The van der Waals surface area contributed by atoms with Gasteiger partial charge in [0.2, 0.25) is 0 Å². The lowest BCUT2D eigenvalue weighted by Crippen LogP contribution is -2.23. The van der Waals surface area contributed by atoms with Crippen molar-refractivity contribution in [2.45, 2.75) is 38.8 Å². The lowest BCUT2D eigenvalue weighted by molar-refractivity contribution is -0.385. The number of aliphatic imine (C=N–C) groups is 1. The third-order valence-corrected chi connectivity index (χ3v) is 7.65. The number of rotatable bonds is 10. The molecule has 0 aliphatic heterocycles. The van der Waals surface area contributed by atoms with Crippen molar-refractivity contribution < 1.29 is 23.6 Å². The number of amides is 1. The van der Waals surface area contributed by atoms with Crippen molar-refractivity contribution in [3.05, 3.63) is 104 Å². The summed E-state index contributed by atoms with van der Waals surface area (Å²) in [6.07, 6.45) is 6.71. The van der Waals surface area contributed by atoms with E-state index in [9.17, 15) is 14.9 Å². The number of carbonyl (C=O) groups excluding carboxylic acids is 1. The monoisotopic (exact) mass is 545 g/mol. The molecular formula is C29H27N3O6S. The Kier molecular flexibility index (Phi) is 8.02. The molecule has 0 fully saturated rings. The summed E-state index contributed by atoms with van der Waals surface area (Å²) < 4.78 is 16.7. The maximum Gasteiger partial charge on any atom is 0.282 e. The highest BCUT2D eigenvalue weighted by atomic mass is 32.1. The number of furan rings is 1. The van der Waals surface area contributed by atoms with Gasteiger partial charge in [-0.15, -0.1) is 11.3 Å². The van der Waals surface area contributed by atoms with Crippen molar-refractivity contribution in [3.63, 3.8) is 0 Å². The van der Waals surface area contributed by atoms with Crippen molar-refractivity contribution in [3.8, 4) is 11.5 Å². The highest BCUT2D eigenvalue weighted by Crippen LogP contribution is 2.40. The lowest BCUT2D eigenvalue weighted by atomic mass is 9.95. The van der Waals surface area contributed by atoms with Gasteiger partial charge in [0.05, 0.1) is 42.0 Å². The van der Waals surface area contributed by atoms with Gasteiger partial charge in [-0.2, -0.15) is 0 Å². The first kappa shape index (κ1) is 26.2. The van der Waals surface area contributed by atoms with Gasteiger partial charge >= 0.3 is 0 Å². The molecule has 2 heterocycles. The van der Waals surface area contributed by atoms with E-state index < -0.39 is 4.92 Å². The van der Waals surface area contributed by atoms with Crippen LogP contribution in [-0.4, -0.2) is 24.2 Å². The predicted octanol–water partition coefficient (Wildman–Crippen LogP) is 6.40. The first-order chi connectivity index (χ1) is 19.0. The van der Waals surface area contributed by atoms with E-state index in [1.807, 2.05) is 30.3 Å². The molecule has 200 valence electrons. The standard InChI is InChI=1S/C29H27N3O6S/c1-36-24-14-20(23(32(34)35)15-25(24)38-18-19-8-3-2-4-9-19)16-31-29-27(22-11-5-6-12-26(22)39-29)28(33)30-17-21-10-7-13-37-21/h2-4,7-10,13-16H,5-6,11-12,17-18H2,1H3,(H,30,33). The Morgan fingerprint density at radius 3 is 2.72 bits per heavy atom. The number of nitro groups is 1. The minimum Gasteiger partial charge on any atom is -0.493 e. The van der Waals surface area contributed by atoms with Gasteiger partial charge in [0.25, 0.3) is 11.6 Å². The van der Waals surface area contributed by atoms with Crippen LogP contribution in [0.3, 0.4) is 0 Å². The van der Waals surface area contributed by atoms with Gasteiger partial charge in [0.15, 0.2) is 11.5 Å². The minimum absolute atomic E-state index is 0.173. The van der Waals surface area contributed by atoms with Crippen molar-refractivity contribution in [2.24, 2.45) is 4.99 Å². The summed E-state index contributed by atoms with van der Waals surface area (Å²) in [5, 5.41) is 15.4. The zero-order valence-corrected chi connectivity index (χ0v) is 22.2. The van der Waals surface area contributed by atoms with Gasteiger partial charge in [-0.25, -0.2) is 4.99 Å². The van der Waals surface area contributed by atoms with Crippen LogP contribution in [0.2, 0.25) is 0 Å². The molecule has 5 rings (SSSR count). The molecular weight excluding hydrogens is 518 g/mol. The Morgan fingerprint density at radius 2 is 1.97 bits per heavy atom. The molecule has 10 heteroatoms. The molecule has 0 radical (unpaired) electrons. The minimum atomic E-state index is -0.480. The number of fused-ring (bicyclic) bond motifs is 1. The highest BCUT2D eigenvalue weighted by Gasteiger charge is 2.26. The molecule has 39 heavy (non-hydrogen) atoms. The molecule has 0 bridgehead atoms. The van der Waals surface area contributed by atoms with Crippen LogP contribution in [0.5, 0.6) is 11.5 Å². The van der Waals surface area contributed by atoms with E-state index in [1.54, 1.807) is 18.4 Å². The van der Waals surface area contributed by atoms with E-state index in [0.717, 1.165) is 41.7 Å². The summed E-state index contributed by atoms with van der Waals surface area (Å²) in [5.74, 6) is 1.01. The van der Waals surface area contributed by atoms with E-state index in [0.29, 0.717) is 22.1 Å². The van der Waals surface area contributed by atoms with E-state index in [-0.39, 0.29) is 36.1 Å². The average Bonchev–Trinajstić information content (AvgIpc) is 3.62. The zero-order valence-electron chi connectivity index (χ0n) is 21.3. The Hall–Kier alpha value is -4.44. The molecule has 1 aliphatic rings. The summed E-state index contributed by atoms with van der Waals surface area (Å²) in [6, 6.07) is 15.9. The maximum absolute atomic E-state index is 13.2. The van der Waals surface area contributed by atoms with Gasteiger partial charge in [-0.3, -0.25) is 14.9 Å². The summed E-state index contributed by atoms with van der Waals surface area (Å²) in [4.78, 5) is 30.5. The second kappa shape index (κ2) is 12.0. The number of nitrogens with one attached hydrogen (secondary N) is 1. The van der Waals surface area contributed by atoms with E-state index in [4.69, 9.17) is 13.9 Å². The number of methoxy groups -OCH3 is 1. The molecule has 0 atom stereocenters. The average molecular weight is 546 g/mol. The third-order valence-electron chi connectivity index (χ3n) is 6.45. The quantitative estimate of drug-likeness (QED) is 0.140. The topological polar surface area (TPSA) is 116 Å². The van der Waals surface area contributed by atoms with Crippen LogP contribution in [0.15, 0.2) is 70.3 Å². The van der Waals surface area contributed by atoms with Gasteiger partial charge in [-0.05, 0) is 55.0 Å². The molecule has 1 aliphatic carbocycles. The van der Waals surface area contributed by atoms with Crippen molar-refractivity contribution in [1.29, 1.82) is 0 Å². The SMILES string of the molecule is COc1cc(C=Nc2sc3c(c2C(=O)NCc2ccco2)CCCC3)c([N+](=O)[O-])cc1OCc1ccccc1. The first-order valence-corrected chi connectivity index (χ1v) is 13.4. The molecule has 2 aromatic heterocycles. The van der Waals surface area contributed by atoms with Gasteiger partial charge < -0.3 is 19.2 Å². The molecule has 4 aromatic rings. The number of carbonyl (C=O) groups is 1. The second-order valence-corrected chi connectivity index (χ2v) is 10.1. The van der Waals surface area contributed by atoms with Gasteiger partial charge in [0, 0.05) is 11.1 Å². The fourth-order valence-electron chi connectivity index (χ4n) is 4.51. The fourth-order valence-corrected chi connectivity index (χ4v) is 5.74. The first-order valence-electron chi connectivity index (χ1n) is 12.6. The zero-order chi connectivity index (χ0) is 27.2. The number of thiophene rings is 1.